The summed E-state index contributed by atoms with van der Waals surface area (Å²) in [5.41, 5.74) is 0.370. The molecule has 2 aliphatic rings. The SMILES string of the molecule is Cc1cc(C(=O)N2CCC(C3CCN(S(C)(=O)=O)CC3)C2)no1. The number of carbonyl (C=O) groups excluding carboxylic acids is 1. The Morgan fingerprint density at radius 2 is 1.87 bits per heavy atom. The van der Waals surface area contributed by atoms with Crippen molar-refractivity contribution in [2.45, 2.75) is 26.2 Å². The number of nitrogens with zero attached hydrogens (tertiary/aromatic N) is 3. The maximum Gasteiger partial charge on any atom is 0.276 e. The van der Waals surface area contributed by atoms with E-state index >= 15 is 0 Å². The van der Waals surface area contributed by atoms with Crippen LogP contribution in [0.3, 0.4) is 0 Å². The molecule has 1 atom stereocenters. The van der Waals surface area contributed by atoms with E-state index in [1.54, 1.807) is 17.3 Å². The van der Waals surface area contributed by atoms with Crippen molar-refractivity contribution < 1.29 is 17.7 Å². The first-order chi connectivity index (χ1) is 10.8. The van der Waals surface area contributed by atoms with Crippen LogP contribution in [0, 0.1) is 18.8 Å². The second-order valence-electron chi connectivity index (χ2n) is 6.62. The highest BCUT2D eigenvalue weighted by Crippen LogP contribution is 2.32. The van der Waals surface area contributed by atoms with Crippen LogP contribution in [0.5, 0.6) is 0 Å². The third-order valence-electron chi connectivity index (χ3n) is 4.99. The summed E-state index contributed by atoms with van der Waals surface area (Å²) < 4.78 is 29.7. The summed E-state index contributed by atoms with van der Waals surface area (Å²) in [6.45, 7) is 4.43. The fourth-order valence-corrected chi connectivity index (χ4v) is 4.54. The van der Waals surface area contributed by atoms with Crippen LogP contribution in [0.4, 0.5) is 0 Å². The number of aromatic nitrogens is 1. The molecule has 2 fully saturated rings. The predicted molar refractivity (Wildman–Crippen MR) is 84.4 cm³/mol. The lowest BCUT2D eigenvalue weighted by Gasteiger charge is -2.33. The average Bonchev–Trinajstić information content (AvgIpc) is 3.15. The van der Waals surface area contributed by atoms with Gasteiger partial charge in [-0.1, -0.05) is 5.16 Å². The number of hydrogen-bond donors (Lipinski definition) is 0. The van der Waals surface area contributed by atoms with Crippen molar-refractivity contribution in [1.82, 2.24) is 14.4 Å². The number of carbonyl (C=O) groups is 1. The summed E-state index contributed by atoms with van der Waals surface area (Å²) in [5, 5.41) is 3.80. The lowest BCUT2D eigenvalue weighted by atomic mass is 9.84. The topological polar surface area (TPSA) is 83.7 Å². The van der Waals surface area contributed by atoms with Crippen LogP contribution in [-0.4, -0.2) is 61.1 Å². The van der Waals surface area contributed by atoms with Crippen LogP contribution in [0.25, 0.3) is 0 Å². The van der Waals surface area contributed by atoms with E-state index in [2.05, 4.69) is 5.16 Å². The van der Waals surface area contributed by atoms with Gasteiger partial charge in [-0.3, -0.25) is 4.79 Å². The lowest BCUT2D eigenvalue weighted by molar-refractivity contribution is 0.0768. The number of piperidine rings is 1. The molecular weight excluding hydrogens is 318 g/mol. The van der Waals surface area contributed by atoms with Gasteiger partial charge in [0.05, 0.1) is 6.26 Å². The minimum atomic E-state index is -3.08. The van der Waals surface area contributed by atoms with Crippen molar-refractivity contribution in [3.8, 4) is 0 Å². The van der Waals surface area contributed by atoms with Crippen LogP contribution in [-0.2, 0) is 10.0 Å². The number of amides is 1. The molecule has 23 heavy (non-hydrogen) atoms. The van der Waals surface area contributed by atoms with Gasteiger partial charge in [-0.2, -0.15) is 0 Å². The second-order valence-corrected chi connectivity index (χ2v) is 8.60. The minimum absolute atomic E-state index is 0.0714. The van der Waals surface area contributed by atoms with Gasteiger partial charge in [0, 0.05) is 32.2 Å². The van der Waals surface area contributed by atoms with Gasteiger partial charge in [-0.25, -0.2) is 12.7 Å². The smallest absolute Gasteiger partial charge is 0.276 e. The van der Waals surface area contributed by atoms with E-state index in [1.807, 2.05) is 4.90 Å². The fraction of sp³-hybridized carbons (Fsp3) is 0.733. The van der Waals surface area contributed by atoms with Crippen LogP contribution < -0.4 is 0 Å². The van der Waals surface area contributed by atoms with Gasteiger partial charge < -0.3 is 9.42 Å². The minimum Gasteiger partial charge on any atom is -0.361 e. The van der Waals surface area contributed by atoms with Crippen LogP contribution in [0.15, 0.2) is 10.6 Å². The molecule has 128 valence electrons. The Hall–Kier alpha value is -1.41. The Kier molecular flexibility index (Phi) is 4.46. The summed E-state index contributed by atoms with van der Waals surface area (Å²) in [5.74, 6) is 1.51. The standard InChI is InChI=1S/C15H23N3O4S/c1-11-9-14(16-22-11)15(19)17-6-3-13(10-17)12-4-7-18(8-5-12)23(2,20)21/h9,12-13H,3-8,10H2,1-2H3. The molecule has 0 spiro atoms. The summed E-state index contributed by atoms with van der Waals surface area (Å²) >= 11 is 0. The highest BCUT2D eigenvalue weighted by Gasteiger charge is 2.35. The normalized spacial score (nSPS) is 24.3. The zero-order chi connectivity index (χ0) is 16.6. The van der Waals surface area contributed by atoms with Gasteiger partial charge in [0.15, 0.2) is 5.69 Å². The van der Waals surface area contributed by atoms with Crippen LogP contribution in [0.2, 0.25) is 0 Å². The lowest BCUT2D eigenvalue weighted by Crippen LogP contribution is -2.40. The number of aryl methyl sites for hydroxylation is 1. The Morgan fingerprint density at radius 1 is 1.22 bits per heavy atom. The van der Waals surface area contributed by atoms with Crippen molar-refractivity contribution in [2.24, 2.45) is 11.8 Å². The van der Waals surface area contributed by atoms with Crippen molar-refractivity contribution in [3.05, 3.63) is 17.5 Å². The maximum absolute atomic E-state index is 12.4. The third-order valence-corrected chi connectivity index (χ3v) is 6.30. The van der Waals surface area contributed by atoms with E-state index in [9.17, 15) is 13.2 Å². The Labute approximate surface area is 136 Å². The molecule has 0 aliphatic carbocycles. The van der Waals surface area contributed by atoms with Crippen LogP contribution in [0.1, 0.15) is 35.5 Å². The maximum atomic E-state index is 12.4. The molecule has 0 saturated carbocycles. The van der Waals surface area contributed by atoms with Gasteiger partial charge in [-0.05, 0) is 38.0 Å². The van der Waals surface area contributed by atoms with Gasteiger partial charge in [-0.15, -0.1) is 0 Å². The number of hydrogen-bond acceptors (Lipinski definition) is 5. The molecule has 0 bridgehead atoms. The molecule has 2 aliphatic heterocycles. The van der Waals surface area contributed by atoms with Crippen molar-refractivity contribution >= 4 is 15.9 Å². The van der Waals surface area contributed by atoms with E-state index in [-0.39, 0.29) is 5.91 Å². The highest BCUT2D eigenvalue weighted by atomic mass is 32.2. The first-order valence-corrected chi connectivity index (χ1v) is 9.87. The molecular formula is C15H23N3O4S. The summed E-state index contributed by atoms with van der Waals surface area (Å²) in [6, 6.07) is 1.67. The first-order valence-electron chi connectivity index (χ1n) is 8.02. The van der Waals surface area contributed by atoms with E-state index < -0.39 is 10.0 Å². The first kappa shape index (κ1) is 16.4. The van der Waals surface area contributed by atoms with Crippen LogP contribution >= 0.6 is 0 Å². The Morgan fingerprint density at radius 3 is 2.43 bits per heavy atom. The predicted octanol–water partition coefficient (Wildman–Crippen LogP) is 1.12. The quantitative estimate of drug-likeness (QED) is 0.822. The van der Waals surface area contributed by atoms with Crippen molar-refractivity contribution in [1.29, 1.82) is 0 Å². The van der Waals surface area contributed by atoms with Gasteiger partial charge in [0.25, 0.3) is 5.91 Å². The van der Waals surface area contributed by atoms with E-state index in [4.69, 9.17) is 4.52 Å². The highest BCUT2D eigenvalue weighted by molar-refractivity contribution is 7.88. The molecule has 3 rings (SSSR count). The van der Waals surface area contributed by atoms with Gasteiger partial charge >= 0.3 is 0 Å². The molecule has 0 radical (unpaired) electrons. The largest absolute Gasteiger partial charge is 0.361 e. The van der Waals surface area contributed by atoms with E-state index in [0.717, 1.165) is 32.4 Å². The number of likely N-dealkylation sites (tertiary alicyclic amines) is 1. The molecule has 7 nitrogen and oxygen atoms in total. The molecule has 1 aromatic heterocycles. The third kappa shape index (κ3) is 3.58. The average molecular weight is 341 g/mol. The monoisotopic (exact) mass is 341 g/mol. The second kappa shape index (κ2) is 6.24. The molecule has 8 heteroatoms. The molecule has 0 aromatic carbocycles. The zero-order valence-corrected chi connectivity index (χ0v) is 14.4. The Balaban J connectivity index is 1.55. The molecule has 1 unspecified atom stereocenters. The van der Waals surface area contributed by atoms with Crippen molar-refractivity contribution in [2.75, 3.05) is 32.4 Å². The molecule has 1 aromatic rings. The molecule has 2 saturated heterocycles. The summed E-state index contributed by atoms with van der Waals surface area (Å²) in [6.07, 6.45) is 4.00. The Bertz CT molecular complexity index is 677. The molecule has 1 amide bonds. The van der Waals surface area contributed by atoms with Gasteiger partial charge in [0.2, 0.25) is 10.0 Å². The molecule has 3 heterocycles. The summed E-state index contributed by atoms with van der Waals surface area (Å²) in [7, 11) is -3.08. The van der Waals surface area contributed by atoms with E-state index in [1.165, 1.54) is 6.26 Å². The van der Waals surface area contributed by atoms with Crippen molar-refractivity contribution in [3.63, 3.8) is 0 Å². The number of sulfonamides is 1. The fourth-order valence-electron chi connectivity index (χ4n) is 3.66. The summed E-state index contributed by atoms with van der Waals surface area (Å²) in [4.78, 5) is 14.2. The van der Waals surface area contributed by atoms with E-state index in [0.29, 0.717) is 36.4 Å². The zero-order valence-electron chi connectivity index (χ0n) is 13.6. The molecule has 0 N–H and O–H groups in total. The number of rotatable bonds is 3. The van der Waals surface area contributed by atoms with Gasteiger partial charge in [0.1, 0.15) is 5.76 Å².